The van der Waals surface area contributed by atoms with Gasteiger partial charge in [-0.15, -0.1) is 10.2 Å². The van der Waals surface area contributed by atoms with Gasteiger partial charge in [0.1, 0.15) is 6.07 Å². The van der Waals surface area contributed by atoms with E-state index in [2.05, 4.69) is 31.7 Å². The maximum absolute atomic E-state index is 12.9. The Kier molecular flexibility index (Phi) is 6.15. The lowest BCUT2D eigenvalue weighted by atomic mass is 10.1. The summed E-state index contributed by atoms with van der Waals surface area (Å²) in [6.07, 6.45) is 4.05. The van der Waals surface area contributed by atoms with Crippen molar-refractivity contribution in [2.45, 2.75) is 26.3 Å². The predicted octanol–water partition coefficient (Wildman–Crippen LogP) is 3.06. The van der Waals surface area contributed by atoms with Gasteiger partial charge in [0.25, 0.3) is 5.91 Å². The topological polar surface area (TPSA) is 132 Å². The minimum absolute atomic E-state index is 0.0827. The van der Waals surface area contributed by atoms with Crippen LogP contribution in [0.2, 0.25) is 0 Å². The molecule has 1 fully saturated rings. The van der Waals surface area contributed by atoms with Gasteiger partial charge in [0, 0.05) is 43.5 Å². The van der Waals surface area contributed by atoms with Gasteiger partial charge in [-0.25, -0.2) is 4.52 Å². The molecule has 0 spiro atoms. The van der Waals surface area contributed by atoms with Gasteiger partial charge in [-0.1, -0.05) is 11.3 Å². The number of nitrogens with one attached hydrogen (secondary N) is 1. The number of carbonyl (C=O) groups is 1. The lowest BCUT2D eigenvalue weighted by Crippen LogP contribution is -2.29. The number of aliphatic hydroxyl groups is 1. The second-order valence-electron chi connectivity index (χ2n) is 8.83. The maximum atomic E-state index is 12.9. The minimum atomic E-state index is -0.157. The molecule has 1 saturated heterocycles. The van der Waals surface area contributed by atoms with E-state index in [1.807, 2.05) is 32.0 Å². The molecule has 0 radical (unpaired) electrons. The van der Waals surface area contributed by atoms with Crippen LogP contribution in [0.15, 0.2) is 36.7 Å². The van der Waals surface area contributed by atoms with Crippen LogP contribution in [0.25, 0.3) is 27.5 Å². The van der Waals surface area contributed by atoms with Crippen LogP contribution < -0.4 is 5.32 Å². The van der Waals surface area contributed by atoms with E-state index in [1.54, 1.807) is 21.7 Å². The highest BCUT2D eigenvalue weighted by atomic mass is 32.1. The van der Waals surface area contributed by atoms with E-state index in [9.17, 15) is 9.90 Å². The molecule has 10 nitrogen and oxygen atoms in total. The van der Waals surface area contributed by atoms with Crippen molar-refractivity contribution in [3.8, 4) is 28.0 Å². The molecule has 4 aromatic heterocycles. The quantitative estimate of drug-likeness (QED) is 0.423. The number of carbonyl (C=O) groups excluding carboxylic acids is 1. The SMILES string of the molecule is CC(C)Nc1cc(-c2ccc3cc(C#N)cnn23)ncc1-c1nnc(C(=O)N2CC[C@@H](CO)C2)s1. The molecule has 1 aliphatic rings. The van der Waals surface area contributed by atoms with E-state index < -0.39 is 0 Å². The number of fused-ring (bicyclic) bond motifs is 1. The number of pyridine rings is 1. The highest BCUT2D eigenvalue weighted by molar-refractivity contribution is 7.16. The van der Waals surface area contributed by atoms with Crippen LogP contribution in [0.1, 0.15) is 35.6 Å². The highest BCUT2D eigenvalue weighted by Gasteiger charge is 2.29. The first-order chi connectivity index (χ1) is 17.0. The van der Waals surface area contributed by atoms with Crippen LogP contribution in [0.3, 0.4) is 0 Å². The van der Waals surface area contributed by atoms with Gasteiger partial charge in [-0.05, 0) is 44.5 Å². The van der Waals surface area contributed by atoms with Crippen molar-refractivity contribution < 1.29 is 9.90 Å². The summed E-state index contributed by atoms with van der Waals surface area (Å²) in [4.78, 5) is 19.3. The predicted molar refractivity (Wildman–Crippen MR) is 132 cm³/mol. The first-order valence-electron chi connectivity index (χ1n) is 11.4. The molecule has 178 valence electrons. The Morgan fingerprint density at radius 3 is 2.91 bits per heavy atom. The minimum Gasteiger partial charge on any atom is -0.396 e. The van der Waals surface area contributed by atoms with Crippen LogP contribution in [-0.2, 0) is 0 Å². The zero-order chi connectivity index (χ0) is 24.5. The van der Waals surface area contributed by atoms with Crippen LogP contribution in [0.5, 0.6) is 0 Å². The number of hydrogen-bond acceptors (Lipinski definition) is 9. The molecule has 1 aliphatic heterocycles. The summed E-state index contributed by atoms with van der Waals surface area (Å²) in [7, 11) is 0. The van der Waals surface area contributed by atoms with Gasteiger partial charge in [-0.2, -0.15) is 10.4 Å². The number of rotatable bonds is 6. The zero-order valence-electron chi connectivity index (χ0n) is 19.3. The molecule has 0 saturated carbocycles. The molecule has 0 aliphatic carbocycles. The van der Waals surface area contributed by atoms with E-state index in [4.69, 9.17) is 5.26 Å². The lowest BCUT2D eigenvalue weighted by molar-refractivity contribution is 0.0780. The number of likely N-dealkylation sites (tertiary alicyclic amines) is 1. The average molecular weight is 489 g/mol. The van der Waals surface area contributed by atoms with Crippen molar-refractivity contribution in [2.75, 3.05) is 25.0 Å². The number of anilines is 1. The molecular formula is C24H24N8O2S. The van der Waals surface area contributed by atoms with Crippen molar-refractivity contribution in [3.05, 3.63) is 47.2 Å². The van der Waals surface area contributed by atoms with Gasteiger partial charge in [0.15, 0.2) is 5.01 Å². The Morgan fingerprint density at radius 1 is 1.31 bits per heavy atom. The molecule has 5 heterocycles. The van der Waals surface area contributed by atoms with Gasteiger partial charge in [0.2, 0.25) is 5.01 Å². The Balaban J connectivity index is 1.48. The highest BCUT2D eigenvalue weighted by Crippen LogP contribution is 2.34. The second-order valence-corrected chi connectivity index (χ2v) is 9.80. The number of hydrogen-bond donors (Lipinski definition) is 2. The third-order valence-corrected chi connectivity index (χ3v) is 6.85. The second kappa shape index (κ2) is 9.40. The van der Waals surface area contributed by atoms with Gasteiger partial charge in [0.05, 0.1) is 34.2 Å². The molecule has 2 N–H and O–H groups in total. The normalized spacial score (nSPS) is 15.6. The van der Waals surface area contributed by atoms with Crippen LogP contribution in [-0.4, -0.2) is 66.4 Å². The number of nitriles is 1. The van der Waals surface area contributed by atoms with E-state index in [0.717, 1.165) is 28.9 Å². The molecule has 5 rings (SSSR count). The maximum Gasteiger partial charge on any atom is 0.284 e. The van der Waals surface area contributed by atoms with E-state index >= 15 is 0 Å². The van der Waals surface area contributed by atoms with Gasteiger partial charge < -0.3 is 15.3 Å². The Morgan fingerprint density at radius 2 is 2.17 bits per heavy atom. The van der Waals surface area contributed by atoms with Crippen molar-refractivity contribution in [1.29, 1.82) is 5.26 Å². The Labute approximate surface area is 205 Å². The number of amides is 1. The fraction of sp³-hybridized carbons (Fsp3) is 0.333. The molecular weight excluding hydrogens is 464 g/mol. The Hall–Kier alpha value is -3.88. The van der Waals surface area contributed by atoms with Crippen molar-refractivity contribution in [1.82, 2.24) is 29.7 Å². The van der Waals surface area contributed by atoms with Crippen LogP contribution >= 0.6 is 11.3 Å². The van der Waals surface area contributed by atoms with Crippen molar-refractivity contribution in [2.24, 2.45) is 5.92 Å². The van der Waals surface area contributed by atoms with Crippen molar-refractivity contribution >= 4 is 28.4 Å². The number of aromatic nitrogens is 5. The first-order valence-corrected chi connectivity index (χ1v) is 12.2. The summed E-state index contributed by atoms with van der Waals surface area (Å²) in [5.41, 5.74) is 4.39. The Bertz CT molecular complexity index is 1440. The zero-order valence-corrected chi connectivity index (χ0v) is 20.2. The third kappa shape index (κ3) is 4.45. The molecule has 4 aromatic rings. The molecule has 35 heavy (non-hydrogen) atoms. The monoisotopic (exact) mass is 488 g/mol. The van der Waals surface area contributed by atoms with E-state index in [0.29, 0.717) is 34.4 Å². The summed E-state index contributed by atoms with van der Waals surface area (Å²) in [6, 6.07) is 9.79. The fourth-order valence-corrected chi connectivity index (χ4v) is 5.01. The van der Waals surface area contributed by atoms with E-state index in [-0.39, 0.29) is 24.5 Å². The smallest absolute Gasteiger partial charge is 0.284 e. The lowest BCUT2D eigenvalue weighted by Gasteiger charge is -2.15. The van der Waals surface area contributed by atoms with Crippen LogP contribution in [0, 0.1) is 17.2 Å². The molecule has 0 bridgehead atoms. The molecule has 11 heteroatoms. The standard InChI is InChI=1S/C24H24N8O2S/c1-14(2)28-19-8-20(21-4-3-17-7-16(9-25)10-27-32(17)21)26-11-18(19)22-29-30-23(35-22)24(34)31-6-5-15(12-31)13-33/h3-4,7-8,10-11,14-15,33H,5-6,12-13H2,1-2H3,(H,26,28)/t15-/m1/s1. The largest absolute Gasteiger partial charge is 0.396 e. The molecule has 0 aromatic carbocycles. The summed E-state index contributed by atoms with van der Waals surface area (Å²) < 4.78 is 1.75. The van der Waals surface area contributed by atoms with Gasteiger partial charge >= 0.3 is 0 Å². The van der Waals surface area contributed by atoms with Crippen molar-refractivity contribution in [3.63, 3.8) is 0 Å². The van der Waals surface area contributed by atoms with E-state index in [1.165, 1.54) is 17.5 Å². The van der Waals surface area contributed by atoms with Crippen LogP contribution in [0.4, 0.5) is 5.69 Å². The first kappa shape index (κ1) is 22.9. The fourth-order valence-electron chi connectivity index (χ4n) is 4.17. The third-order valence-electron chi connectivity index (χ3n) is 5.91. The average Bonchev–Trinajstić information content (AvgIpc) is 3.62. The summed E-state index contributed by atoms with van der Waals surface area (Å²) >= 11 is 1.24. The summed E-state index contributed by atoms with van der Waals surface area (Å²) in [5, 5.41) is 35.7. The number of aliphatic hydroxyl groups excluding tert-OH is 1. The van der Waals surface area contributed by atoms with Gasteiger partial charge in [-0.3, -0.25) is 9.78 Å². The number of nitrogens with zero attached hydrogens (tertiary/aromatic N) is 7. The summed E-state index contributed by atoms with van der Waals surface area (Å²) in [6.45, 7) is 5.32. The summed E-state index contributed by atoms with van der Waals surface area (Å²) in [5.74, 6) is -0.0360. The molecule has 0 unspecified atom stereocenters. The molecule has 1 amide bonds. The molecule has 1 atom stereocenters.